The number of carbonyl (C=O) groups is 3. The number of hydrogen-bond donors (Lipinski definition) is 1. The zero-order valence-electron chi connectivity index (χ0n) is 18.3. The topological polar surface area (TPSA) is 75.7 Å². The minimum absolute atomic E-state index is 0.129. The molecule has 1 aliphatic heterocycles. The number of imide groups is 1. The second-order valence-electron chi connectivity index (χ2n) is 7.67. The number of halogens is 1. The molecule has 0 spiro atoms. The second-order valence-corrected chi connectivity index (χ2v) is 9.10. The van der Waals surface area contributed by atoms with E-state index in [1.165, 1.54) is 4.90 Å². The van der Waals surface area contributed by atoms with Crippen LogP contribution in [0, 0.1) is 6.92 Å². The summed E-state index contributed by atoms with van der Waals surface area (Å²) in [6.07, 6.45) is 1.66. The Bertz CT molecular complexity index is 1270. The van der Waals surface area contributed by atoms with Gasteiger partial charge in [-0.05, 0) is 77.9 Å². The fourth-order valence-corrected chi connectivity index (χ4v) is 4.39. The summed E-state index contributed by atoms with van der Waals surface area (Å²) in [6.45, 7) is 1.99. The smallest absolute Gasteiger partial charge is 0.293 e. The van der Waals surface area contributed by atoms with Gasteiger partial charge in [0.2, 0.25) is 0 Å². The molecule has 1 aliphatic rings. The van der Waals surface area contributed by atoms with Crippen molar-refractivity contribution in [2.45, 2.75) is 13.5 Å². The van der Waals surface area contributed by atoms with E-state index in [0.717, 1.165) is 28.5 Å². The summed E-state index contributed by atoms with van der Waals surface area (Å²) in [5.41, 5.74) is 3.29. The summed E-state index contributed by atoms with van der Waals surface area (Å²) < 4.78 is 5.55. The fraction of sp³-hybridized carbons (Fsp3) is 0.115. The van der Waals surface area contributed by atoms with E-state index in [1.54, 1.807) is 48.5 Å². The first kappa shape index (κ1) is 23.6. The van der Waals surface area contributed by atoms with Crippen molar-refractivity contribution < 1.29 is 19.1 Å². The van der Waals surface area contributed by atoms with Crippen LogP contribution in [0.2, 0.25) is 5.02 Å². The Morgan fingerprint density at radius 2 is 1.82 bits per heavy atom. The van der Waals surface area contributed by atoms with E-state index in [1.807, 2.05) is 37.3 Å². The minimum Gasteiger partial charge on any atom is -0.484 e. The van der Waals surface area contributed by atoms with Crippen molar-refractivity contribution >= 4 is 52.2 Å². The van der Waals surface area contributed by atoms with E-state index < -0.39 is 0 Å². The Kier molecular flexibility index (Phi) is 7.35. The highest BCUT2D eigenvalue weighted by atomic mass is 35.5. The Hall–Kier alpha value is -3.55. The van der Waals surface area contributed by atoms with E-state index in [9.17, 15) is 14.4 Å². The maximum atomic E-state index is 12.7. The molecule has 34 heavy (non-hydrogen) atoms. The van der Waals surface area contributed by atoms with Crippen molar-refractivity contribution in [1.29, 1.82) is 0 Å². The van der Waals surface area contributed by atoms with E-state index in [-0.39, 0.29) is 30.2 Å². The lowest BCUT2D eigenvalue weighted by atomic mass is 10.2. The van der Waals surface area contributed by atoms with Crippen molar-refractivity contribution in [1.82, 2.24) is 4.90 Å². The molecule has 0 saturated carbocycles. The van der Waals surface area contributed by atoms with Crippen molar-refractivity contribution in [3.05, 3.63) is 99.4 Å². The number of amides is 3. The summed E-state index contributed by atoms with van der Waals surface area (Å²) in [4.78, 5) is 38.8. The number of benzene rings is 3. The number of hydrogen-bond acceptors (Lipinski definition) is 5. The van der Waals surface area contributed by atoms with Gasteiger partial charge in [-0.2, -0.15) is 0 Å². The summed E-state index contributed by atoms with van der Waals surface area (Å²) >= 11 is 6.90. The van der Waals surface area contributed by atoms with E-state index in [4.69, 9.17) is 16.3 Å². The molecule has 6 nitrogen and oxygen atoms in total. The molecule has 1 fully saturated rings. The molecule has 0 atom stereocenters. The predicted molar refractivity (Wildman–Crippen MR) is 135 cm³/mol. The number of rotatable bonds is 7. The highest BCUT2D eigenvalue weighted by Gasteiger charge is 2.34. The Morgan fingerprint density at radius 3 is 2.56 bits per heavy atom. The number of nitrogens with zero attached hydrogens (tertiary/aromatic N) is 1. The summed E-state index contributed by atoms with van der Waals surface area (Å²) in [5.74, 6) is -0.0863. The lowest BCUT2D eigenvalue weighted by Gasteiger charge is -2.12. The van der Waals surface area contributed by atoms with Crippen LogP contribution in [0.25, 0.3) is 6.08 Å². The molecule has 172 valence electrons. The molecule has 0 aliphatic carbocycles. The van der Waals surface area contributed by atoms with Gasteiger partial charge in [-0.25, -0.2) is 0 Å². The molecule has 3 aromatic rings. The molecule has 0 bridgehead atoms. The van der Waals surface area contributed by atoms with Crippen LogP contribution < -0.4 is 10.1 Å². The standard InChI is InChI=1S/C26H21ClN2O4S/c1-17-4-2-7-21(12-17)28-24(30)16-33-22-10-8-18(9-11-22)14-23-25(31)29(26(32)34-23)15-19-5-3-6-20(27)13-19/h2-14H,15-16H2,1H3,(H,28,30)/b23-14-. The van der Waals surface area contributed by atoms with Gasteiger partial charge in [0.15, 0.2) is 6.61 Å². The van der Waals surface area contributed by atoms with Crippen LogP contribution in [0.5, 0.6) is 5.75 Å². The van der Waals surface area contributed by atoms with Crippen LogP contribution in [0.1, 0.15) is 16.7 Å². The second kappa shape index (κ2) is 10.6. The first-order valence-corrected chi connectivity index (χ1v) is 11.7. The monoisotopic (exact) mass is 492 g/mol. The van der Waals surface area contributed by atoms with E-state index >= 15 is 0 Å². The van der Waals surface area contributed by atoms with Gasteiger partial charge in [-0.3, -0.25) is 19.3 Å². The lowest BCUT2D eigenvalue weighted by Crippen LogP contribution is -2.27. The molecule has 0 aromatic heterocycles. The number of thioether (sulfide) groups is 1. The quantitative estimate of drug-likeness (QED) is 0.415. The molecule has 0 unspecified atom stereocenters. The van der Waals surface area contributed by atoms with Crippen molar-refractivity contribution in [3.63, 3.8) is 0 Å². The van der Waals surface area contributed by atoms with Crippen molar-refractivity contribution in [2.24, 2.45) is 0 Å². The summed E-state index contributed by atoms with van der Waals surface area (Å²) in [7, 11) is 0. The van der Waals surface area contributed by atoms with Crippen LogP contribution in [0.4, 0.5) is 10.5 Å². The number of aryl methyl sites for hydroxylation is 1. The van der Waals surface area contributed by atoms with Crippen LogP contribution in [-0.2, 0) is 16.1 Å². The third-order valence-electron chi connectivity index (χ3n) is 4.95. The van der Waals surface area contributed by atoms with Gasteiger partial charge in [0.05, 0.1) is 11.4 Å². The highest BCUT2D eigenvalue weighted by Crippen LogP contribution is 2.33. The van der Waals surface area contributed by atoms with Gasteiger partial charge >= 0.3 is 0 Å². The Labute approximate surface area is 206 Å². The number of anilines is 1. The maximum Gasteiger partial charge on any atom is 0.293 e. The molecule has 8 heteroatoms. The highest BCUT2D eigenvalue weighted by molar-refractivity contribution is 8.18. The normalized spacial score (nSPS) is 14.5. The van der Waals surface area contributed by atoms with Gasteiger partial charge in [0, 0.05) is 10.7 Å². The van der Waals surface area contributed by atoms with Gasteiger partial charge in [0.1, 0.15) is 5.75 Å². The Balaban J connectivity index is 1.34. The third kappa shape index (κ3) is 6.07. The Morgan fingerprint density at radius 1 is 1.06 bits per heavy atom. The summed E-state index contributed by atoms with van der Waals surface area (Å²) in [5, 5.41) is 3.02. The van der Waals surface area contributed by atoms with Crippen LogP contribution in [0.3, 0.4) is 0 Å². The molecular formula is C26H21ClN2O4S. The molecule has 3 amide bonds. The van der Waals surface area contributed by atoms with E-state index in [0.29, 0.717) is 21.4 Å². The van der Waals surface area contributed by atoms with Crippen LogP contribution in [0.15, 0.2) is 77.7 Å². The van der Waals surface area contributed by atoms with Crippen molar-refractivity contribution in [3.8, 4) is 5.75 Å². The number of ether oxygens (including phenoxy) is 1. The summed E-state index contributed by atoms with van der Waals surface area (Å²) in [6, 6.07) is 21.5. The maximum absolute atomic E-state index is 12.7. The molecule has 1 heterocycles. The minimum atomic E-state index is -0.344. The number of nitrogens with one attached hydrogen (secondary N) is 1. The predicted octanol–water partition coefficient (Wildman–Crippen LogP) is 5.90. The number of carbonyl (C=O) groups excluding carboxylic acids is 3. The van der Waals surface area contributed by atoms with Crippen molar-refractivity contribution in [2.75, 3.05) is 11.9 Å². The van der Waals surface area contributed by atoms with Gasteiger partial charge < -0.3 is 10.1 Å². The largest absolute Gasteiger partial charge is 0.484 e. The van der Waals surface area contributed by atoms with E-state index in [2.05, 4.69) is 5.32 Å². The van der Waals surface area contributed by atoms with Gasteiger partial charge in [-0.1, -0.05) is 48.0 Å². The molecule has 1 saturated heterocycles. The zero-order valence-corrected chi connectivity index (χ0v) is 19.9. The zero-order chi connectivity index (χ0) is 24.1. The molecule has 1 N–H and O–H groups in total. The molecule has 3 aromatic carbocycles. The average Bonchev–Trinajstić information content (AvgIpc) is 3.06. The third-order valence-corrected chi connectivity index (χ3v) is 6.10. The van der Waals surface area contributed by atoms with Crippen LogP contribution in [-0.4, -0.2) is 28.6 Å². The fourth-order valence-electron chi connectivity index (χ4n) is 3.33. The average molecular weight is 493 g/mol. The molecular weight excluding hydrogens is 472 g/mol. The lowest BCUT2D eigenvalue weighted by molar-refractivity contribution is -0.123. The van der Waals surface area contributed by atoms with Crippen LogP contribution >= 0.6 is 23.4 Å². The molecule has 0 radical (unpaired) electrons. The van der Waals surface area contributed by atoms with Gasteiger partial charge in [-0.15, -0.1) is 0 Å². The SMILES string of the molecule is Cc1cccc(NC(=O)COc2ccc(/C=C3\SC(=O)N(Cc4cccc(Cl)c4)C3=O)cc2)c1. The molecule has 4 rings (SSSR count). The first-order valence-electron chi connectivity index (χ1n) is 10.5. The first-order chi connectivity index (χ1) is 16.4. The van der Waals surface area contributed by atoms with Gasteiger partial charge in [0.25, 0.3) is 17.1 Å².